The molecule has 0 atom stereocenters. The van der Waals surface area contributed by atoms with Crippen LogP contribution >= 0.6 is 15.9 Å². The van der Waals surface area contributed by atoms with Gasteiger partial charge in [-0.3, -0.25) is 9.78 Å². The lowest BCUT2D eigenvalue weighted by Crippen LogP contribution is -2.20. The number of carbonyl (C=O) groups is 1. The second-order valence-corrected chi connectivity index (χ2v) is 7.46. The van der Waals surface area contributed by atoms with Gasteiger partial charge >= 0.3 is 0 Å². The van der Waals surface area contributed by atoms with Gasteiger partial charge in [-0.15, -0.1) is 0 Å². The smallest absolute Gasteiger partial charge is 0.275 e. The molecule has 0 bridgehead atoms. The van der Waals surface area contributed by atoms with Crippen LogP contribution < -0.4 is 10.2 Å². The molecule has 4 rings (SSSR count). The minimum absolute atomic E-state index is 0.228. The standard InChI is InChI=1S/C20H20BrN5O/c21-16-5-3-15(4-6-16)14-26-19(8-10-23-26)24-20(27)18-13-17(7-9-22-18)25-11-1-2-12-25/h3-10,13H,1-2,11-12,14H2,(H,24,27). The summed E-state index contributed by atoms with van der Waals surface area (Å²) in [7, 11) is 0. The zero-order valence-electron chi connectivity index (χ0n) is 14.8. The first kappa shape index (κ1) is 17.7. The fourth-order valence-corrected chi connectivity index (χ4v) is 3.49. The summed E-state index contributed by atoms with van der Waals surface area (Å²) in [5.41, 5.74) is 2.57. The SMILES string of the molecule is O=C(Nc1ccnn1Cc1ccc(Br)cc1)c1cc(N2CCCC2)ccn1. The maximum Gasteiger partial charge on any atom is 0.275 e. The van der Waals surface area contributed by atoms with Crippen molar-refractivity contribution < 1.29 is 4.79 Å². The van der Waals surface area contributed by atoms with Crippen molar-refractivity contribution in [1.82, 2.24) is 14.8 Å². The molecule has 1 aliphatic rings. The first-order valence-electron chi connectivity index (χ1n) is 8.98. The molecule has 0 aliphatic carbocycles. The lowest BCUT2D eigenvalue weighted by molar-refractivity contribution is 0.102. The van der Waals surface area contributed by atoms with E-state index in [1.54, 1.807) is 23.1 Å². The number of anilines is 2. The summed E-state index contributed by atoms with van der Waals surface area (Å²) in [4.78, 5) is 19.2. The Morgan fingerprint density at radius 3 is 2.63 bits per heavy atom. The number of rotatable bonds is 5. The zero-order chi connectivity index (χ0) is 18.6. The third kappa shape index (κ3) is 4.19. The van der Waals surface area contributed by atoms with E-state index in [9.17, 15) is 4.79 Å². The molecule has 1 fully saturated rings. The number of halogens is 1. The highest BCUT2D eigenvalue weighted by Gasteiger charge is 2.16. The highest BCUT2D eigenvalue weighted by Crippen LogP contribution is 2.21. The largest absolute Gasteiger partial charge is 0.371 e. The van der Waals surface area contributed by atoms with Gasteiger partial charge in [-0.05, 0) is 42.7 Å². The van der Waals surface area contributed by atoms with Gasteiger partial charge in [-0.1, -0.05) is 28.1 Å². The number of pyridine rings is 1. The van der Waals surface area contributed by atoms with Crippen LogP contribution in [0.3, 0.4) is 0 Å². The van der Waals surface area contributed by atoms with Gasteiger partial charge in [0.05, 0.1) is 12.7 Å². The van der Waals surface area contributed by atoms with E-state index < -0.39 is 0 Å². The lowest BCUT2D eigenvalue weighted by Gasteiger charge is -2.17. The first-order chi connectivity index (χ1) is 13.2. The second kappa shape index (κ2) is 7.92. The second-order valence-electron chi connectivity index (χ2n) is 6.55. The number of nitrogens with zero attached hydrogens (tertiary/aromatic N) is 4. The number of nitrogens with one attached hydrogen (secondary N) is 1. The molecular formula is C20H20BrN5O. The Balaban J connectivity index is 1.48. The van der Waals surface area contributed by atoms with Crippen molar-refractivity contribution >= 4 is 33.3 Å². The molecule has 7 heteroatoms. The monoisotopic (exact) mass is 425 g/mol. The molecule has 0 unspecified atom stereocenters. The van der Waals surface area contributed by atoms with Gasteiger partial charge in [0.15, 0.2) is 0 Å². The van der Waals surface area contributed by atoms with Crippen LogP contribution in [-0.2, 0) is 6.54 Å². The van der Waals surface area contributed by atoms with E-state index in [2.05, 4.69) is 36.2 Å². The minimum atomic E-state index is -0.228. The van der Waals surface area contributed by atoms with Crippen LogP contribution in [0.2, 0.25) is 0 Å². The Morgan fingerprint density at radius 2 is 1.85 bits per heavy atom. The van der Waals surface area contributed by atoms with Crippen molar-refractivity contribution in [1.29, 1.82) is 0 Å². The number of hydrogen-bond acceptors (Lipinski definition) is 4. The fraction of sp³-hybridized carbons (Fsp3) is 0.250. The summed E-state index contributed by atoms with van der Waals surface area (Å²) in [6.45, 7) is 2.65. The molecule has 6 nitrogen and oxygen atoms in total. The number of carbonyl (C=O) groups excluding carboxylic acids is 1. The number of benzene rings is 1. The Bertz CT molecular complexity index is 932. The molecule has 1 N–H and O–H groups in total. The molecule has 2 aromatic heterocycles. The molecule has 0 saturated carbocycles. The summed E-state index contributed by atoms with van der Waals surface area (Å²) in [5.74, 6) is 0.421. The normalized spacial score (nSPS) is 13.7. The summed E-state index contributed by atoms with van der Waals surface area (Å²) < 4.78 is 2.80. The number of hydrogen-bond donors (Lipinski definition) is 1. The Morgan fingerprint density at radius 1 is 1.07 bits per heavy atom. The van der Waals surface area contributed by atoms with Gasteiger partial charge in [-0.2, -0.15) is 5.10 Å². The topological polar surface area (TPSA) is 63.1 Å². The summed E-state index contributed by atoms with van der Waals surface area (Å²) in [6, 6.07) is 13.6. The number of aromatic nitrogens is 3. The van der Waals surface area contributed by atoms with E-state index in [1.165, 1.54) is 12.8 Å². The lowest BCUT2D eigenvalue weighted by atomic mass is 10.2. The first-order valence-corrected chi connectivity index (χ1v) is 9.77. The third-order valence-electron chi connectivity index (χ3n) is 4.65. The van der Waals surface area contributed by atoms with Crippen molar-refractivity contribution in [3.8, 4) is 0 Å². The van der Waals surface area contributed by atoms with Crippen molar-refractivity contribution in [2.75, 3.05) is 23.3 Å². The minimum Gasteiger partial charge on any atom is -0.371 e. The van der Waals surface area contributed by atoms with Crippen LogP contribution in [-0.4, -0.2) is 33.8 Å². The number of amides is 1. The van der Waals surface area contributed by atoms with Crippen LogP contribution in [0.15, 0.2) is 59.3 Å². The van der Waals surface area contributed by atoms with Crippen LogP contribution in [0.25, 0.3) is 0 Å². The molecule has 3 aromatic rings. The highest BCUT2D eigenvalue weighted by molar-refractivity contribution is 9.10. The van der Waals surface area contributed by atoms with Gasteiger partial charge in [0, 0.05) is 35.5 Å². The Labute approximate surface area is 166 Å². The average Bonchev–Trinajstić information content (AvgIpc) is 3.36. The molecule has 1 saturated heterocycles. The van der Waals surface area contributed by atoms with Crippen LogP contribution in [0, 0.1) is 0 Å². The summed E-state index contributed by atoms with van der Waals surface area (Å²) >= 11 is 3.44. The van der Waals surface area contributed by atoms with Gasteiger partial charge in [0.2, 0.25) is 0 Å². The quantitative estimate of drug-likeness (QED) is 0.672. The Hall–Kier alpha value is -2.67. The average molecular weight is 426 g/mol. The van der Waals surface area contributed by atoms with Gasteiger partial charge < -0.3 is 10.2 Å². The Kier molecular flexibility index (Phi) is 5.20. The molecule has 0 radical (unpaired) electrons. The van der Waals surface area contributed by atoms with Crippen molar-refractivity contribution in [2.24, 2.45) is 0 Å². The molecule has 27 heavy (non-hydrogen) atoms. The zero-order valence-corrected chi connectivity index (χ0v) is 16.4. The molecule has 1 aliphatic heterocycles. The van der Waals surface area contributed by atoms with E-state index in [4.69, 9.17) is 0 Å². The predicted octanol–water partition coefficient (Wildman–Crippen LogP) is 3.94. The molecular weight excluding hydrogens is 406 g/mol. The van der Waals surface area contributed by atoms with Gasteiger partial charge in [0.25, 0.3) is 5.91 Å². The van der Waals surface area contributed by atoms with E-state index in [1.807, 2.05) is 36.4 Å². The van der Waals surface area contributed by atoms with Crippen molar-refractivity contribution in [2.45, 2.75) is 19.4 Å². The maximum absolute atomic E-state index is 12.7. The van der Waals surface area contributed by atoms with E-state index in [-0.39, 0.29) is 5.91 Å². The van der Waals surface area contributed by atoms with Crippen molar-refractivity contribution in [3.63, 3.8) is 0 Å². The predicted molar refractivity (Wildman–Crippen MR) is 109 cm³/mol. The van der Waals surface area contributed by atoms with E-state index in [0.29, 0.717) is 18.1 Å². The van der Waals surface area contributed by atoms with E-state index in [0.717, 1.165) is 28.8 Å². The summed E-state index contributed by atoms with van der Waals surface area (Å²) in [5, 5.41) is 7.25. The molecule has 138 valence electrons. The van der Waals surface area contributed by atoms with E-state index >= 15 is 0 Å². The molecule has 1 aromatic carbocycles. The van der Waals surface area contributed by atoms with Gasteiger partial charge in [-0.25, -0.2) is 4.68 Å². The highest BCUT2D eigenvalue weighted by atomic mass is 79.9. The third-order valence-corrected chi connectivity index (χ3v) is 5.18. The molecule has 0 spiro atoms. The molecule has 3 heterocycles. The fourth-order valence-electron chi connectivity index (χ4n) is 3.22. The molecule has 1 amide bonds. The van der Waals surface area contributed by atoms with Crippen LogP contribution in [0.1, 0.15) is 28.9 Å². The maximum atomic E-state index is 12.7. The summed E-state index contributed by atoms with van der Waals surface area (Å²) in [6.07, 6.45) is 5.77. The van der Waals surface area contributed by atoms with Crippen LogP contribution in [0.4, 0.5) is 11.5 Å². The van der Waals surface area contributed by atoms with Gasteiger partial charge in [0.1, 0.15) is 11.5 Å². The van der Waals surface area contributed by atoms with Crippen molar-refractivity contribution in [3.05, 3.63) is 70.6 Å². The van der Waals surface area contributed by atoms with Crippen LogP contribution in [0.5, 0.6) is 0 Å².